The van der Waals surface area contributed by atoms with Gasteiger partial charge in [0, 0.05) is 0 Å². The fourth-order valence-electron chi connectivity index (χ4n) is 1.61. The van der Waals surface area contributed by atoms with Crippen molar-refractivity contribution in [1.29, 1.82) is 0 Å². The molecule has 3 nitrogen and oxygen atoms in total. The topological polar surface area (TPSA) is 43.7 Å². The van der Waals surface area contributed by atoms with Gasteiger partial charge in [0.05, 0.1) is 0 Å². The molecule has 0 spiro atoms. The second-order valence-electron chi connectivity index (χ2n) is 4.25. The van der Waals surface area contributed by atoms with Gasteiger partial charge in [0.1, 0.15) is 0 Å². The quantitative estimate of drug-likeness (QED) is 0.650. The van der Waals surface area contributed by atoms with Gasteiger partial charge < -0.3 is 0 Å². The van der Waals surface area contributed by atoms with Crippen LogP contribution < -0.4 is 0 Å². The number of aliphatic hydroxyl groups is 2. The predicted octanol–water partition coefficient (Wildman–Crippen LogP) is 0.778. The number of nitrogens with zero attached hydrogens (tertiary/aromatic N) is 1. The maximum atomic E-state index is 13.0. The zero-order chi connectivity index (χ0) is 12.6. The van der Waals surface area contributed by atoms with Crippen molar-refractivity contribution in [3.63, 3.8) is 0 Å². The Morgan fingerprint density at radius 1 is 1.35 bits per heavy atom. The summed E-state index contributed by atoms with van der Waals surface area (Å²) in [5.41, 5.74) is 0.874. The van der Waals surface area contributed by atoms with Gasteiger partial charge in [-0.3, -0.25) is 0 Å². The first-order chi connectivity index (χ1) is 7.90. The molecular weight excluding hydrogens is 288 g/mol. The minimum atomic E-state index is -1.86. The first-order valence-electron chi connectivity index (χ1n) is 5.18. The van der Waals surface area contributed by atoms with E-state index >= 15 is 0 Å². The van der Waals surface area contributed by atoms with Crippen LogP contribution in [0.25, 0.3) is 9.65 Å². The number of hydrogen-bond donors (Lipinski definition) is 2. The summed E-state index contributed by atoms with van der Waals surface area (Å²) in [4.78, 5) is 3.32. The zero-order valence-electron chi connectivity index (χ0n) is 9.64. The van der Waals surface area contributed by atoms with E-state index in [0.29, 0.717) is 0 Å². The predicted molar refractivity (Wildman–Crippen MR) is 65.4 cm³/mol. The molecule has 1 heterocycles. The number of rotatable bonds is 3. The van der Waals surface area contributed by atoms with E-state index < -0.39 is 5.91 Å². The van der Waals surface area contributed by atoms with Crippen molar-refractivity contribution in [2.24, 2.45) is 0 Å². The second-order valence-corrected chi connectivity index (χ2v) is 6.16. The Hall–Kier alpha value is -0.711. The van der Waals surface area contributed by atoms with Crippen molar-refractivity contribution in [3.05, 3.63) is 34.5 Å². The normalized spacial score (nSPS) is 12.6. The summed E-state index contributed by atoms with van der Waals surface area (Å²) in [6.07, 6.45) is 0.125. The molecule has 17 heavy (non-hydrogen) atoms. The van der Waals surface area contributed by atoms with Crippen molar-refractivity contribution in [3.8, 4) is 0 Å². The van der Waals surface area contributed by atoms with Crippen molar-refractivity contribution < 1.29 is 14.6 Å². The molecule has 0 saturated carbocycles. The number of fused-ring (bicyclic) bond motifs is 1. The third kappa shape index (κ3) is 2.59. The molecule has 2 N–H and O–H groups in total. The summed E-state index contributed by atoms with van der Waals surface area (Å²) in [6, 6.07) is 4.63. The van der Waals surface area contributed by atoms with Crippen LogP contribution in [0.1, 0.15) is 5.56 Å². The first-order valence-corrected chi connectivity index (χ1v) is 7.02. The third-order valence-electron chi connectivity index (χ3n) is 2.76. The van der Waals surface area contributed by atoms with Gasteiger partial charge >= 0.3 is 105 Å². The van der Waals surface area contributed by atoms with E-state index in [1.807, 2.05) is 4.94 Å². The van der Waals surface area contributed by atoms with E-state index in [1.54, 1.807) is 20.2 Å². The van der Waals surface area contributed by atoms with Crippen LogP contribution in [-0.4, -0.2) is 49.6 Å². The molecule has 0 fully saturated rings. The Morgan fingerprint density at radius 3 is 2.71 bits per heavy atom. The van der Waals surface area contributed by atoms with Gasteiger partial charge in [-0.05, 0) is 0 Å². The number of hydrogen-bond acceptors (Lipinski definition) is 3. The minimum absolute atomic E-state index is 0.0785. The zero-order valence-corrected chi connectivity index (χ0v) is 11.4. The van der Waals surface area contributed by atoms with Crippen LogP contribution in [0.15, 0.2) is 23.1 Å². The van der Waals surface area contributed by atoms with Crippen LogP contribution in [0, 0.1) is 5.82 Å². The first kappa shape index (κ1) is 12.7. The molecule has 0 amide bonds. The molecule has 0 saturated heterocycles. The van der Waals surface area contributed by atoms with Crippen molar-refractivity contribution in [1.82, 2.24) is 4.90 Å². The van der Waals surface area contributed by atoms with Crippen molar-refractivity contribution in [2.75, 3.05) is 14.1 Å². The number of benzene rings is 1. The molecule has 2 aromatic rings. The summed E-state index contributed by atoms with van der Waals surface area (Å²) < 4.78 is 14.0. The summed E-state index contributed by atoms with van der Waals surface area (Å²) in [6.45, 7) is 0. The van der Waals surface area contributed by atoms with E-state index in [9.17, 15) is 14.6 Å². The molecule has 0 unspecified atom stereocenters. The van der Waals surface area contributed by atoms with Gasteiger partial charge in [0.15, 0.2) is 0 Å². The monoisotopic (exact) mass is 303 g/mol. The SMILES string of the molecule is CN(C)C(O)(O)Cc1c[se]c2cc(F)ccc12. The van der Waals surface area contributed by atoms with Crippen LogP contribution in [0.4, 0.5) is 4.39 Å². The van der Waals surface area contributed by atoms with Crippen molar-refractivity contribution >= 4 is 24.1 Å². The van der Waals surface area contributed by atoms with Gasteiger partial charge in [-0.15, -0.1) is 0 Å². The average Bonchev–Trinajstić information content (AvgIpc) is 2.60. The molecule has 0 aliphatic carbocycles. The third-order valence-corrected chi connectivity index (χ3v) is 4.85. The Morgan fingerprint density at radius 2 is 2.06 bits per heavy atom. The summed E-state index contributed by atoms with van der Waals surface area (Å²) in [5.74, 6) is -2.11. The average molecular weight is 302 g/mol. The Balaban J connectivity index is 2.37. The molecule has 0 atom stereocenters. The van der Waals surface area contributed by atoms with E-state index in [-0.39, 0.29) is 26.7 Å². The summed E-state index contributed by atoms with van der Waals surface area (Å²) >= 11 is 0.0785. The standard InChI is InChI=1S/C12H14FNO2Se/c1-14(2)12(15,16)6-8-7-17-11-5-9(13)3-4-10(8)11/h3-5,7,15-16H,6H2,1-2H3. The second kappa shape index (κ2) is 4.52. The van der Waals surface area contributed by atoms with Gasteiger partial charge in [0.25, 0.3) is 0 Å². The van der Waals surface area contributed by atoms with Crippen LogP contribution in [-0.2, 0) is 6.42 Å². The molecule has 0 bridgehead atoms. The van der Waals surface area contributed by atoms with Gasteiger partial charge in [-0.25, -0.2) is 0 Å². The summed E-state index contributed by atoms with van der Waals surface area (Å²) in [5, 5.41) is 20.5. The van der Waals surface area contributed by atoms with E-state index in [4.69, 9.17) is 0 Å². The molecule has 92 valence electrons. The van der Waals surface area contributed by atoms with Gasteiger partial charge in [-0.2, -0.15) is 0 Å². The molecular formula is C12H14FNO2Se. The Bertz CT molecular complexity index is 536. The Labute approximate surface area is 105 Å². The molecule has 5 heteroatoms. The van der Waals surface area contributed by atoms with E-state index in [0.717, 1.165) is 15.2 Å². The fourth-order valence-corrected chi connectivity index (χ4v) is 3.68. The van der Waals surface area contributed by atoms with Crippen LogP contribution in [0.5, 0.6) is 0 Å². The van der Waals surface area contributed by atoms with Gasteiger partial charge in [-0.1, -0.05) is 0 Å². The van der Waals surface area contributed by atoms with Gasteiger partial charge in [0.2, 0.25) is 0 Å². The number of halogens is 1. The van der Waals surface area contributed by atoms with Crippen LogP contribution >= 0.6 is 0 Å². The molecule has 0 aliphatic heterocycles. The Kier molecular flexibility index (Phi) is 3.38. The molecule has 0 aliphatic rings. The van der Waals surface area contributed by atoms with Crippen LogP contribution in [0.3, 0.4) is 0 Å². The van der Waals surface area contributed by atoms with Crippen LogP contribution in [0.2, 0.25) is 0 Å². The summed E-state index contributed by atoms with van der Waals surface area (Å²) in [7, 11) is 3.21. The van der Waals surface area contributed by atoms with E-state index in [1.165, 1.54) is 17.0 Å². The molecule has 2 rings (SSSR count). The van der Waals surface area contributed by atoms with Crippen molar-refractivity contribution in [2.45, 2.75) is 12.3 Å². The van der Waals surface area contributed by atoms with E-state index in [2.05, 4.69) is 0 Å². The molecule has 1 aromatic heterocycles. The molecule has 0 radical (unpaired) electrons. The fraction of sp³-hybridized carbons (Fsp3) is 0.333. The maximum absolute atomic E-state index is 13.0. The number of likely N-dealkylation sites (N-methyl/N-ethyl adjacent to an activating group) is 1. The molecule has 1 aromatic carbocycles.